The van der Waals surface area contributed by atoms with Crippen LogP contribution in [0.15, 0.2) is 42.7 Å². The molecule has 0 saturated carbocycles. The van der Waals surface area contributed by atoms with E-state index >= 15 is 0 Å². The Morgan fingerprint density at radius 3 is 2.42 bits per heavy atom. The van der Waals surface area contributed by atoms with Crippen molar-refractivity contribution >= 4 is 17.4 Å². The van der Waals surface area contributed by atoms with Gasteiger partial charge in [0.2, 0.25) is 0 Å². The standard InChI is InChI=1S/C16H18N2O/c1-16(2,3)14(19)13(15-17-9-10-18-15)11-12-7-5-4-6-8-12/h4-11H,1-3H3,(H,17,18)/b13-11-. The van der Waals surface area contributed by atoms with Crippen LogP contribution in [0.2, 0.25) is 0 Å². The number of carbonyl (C=O) groups is 1. The number of nitrogens with zero attached hydrogens (tertiary/aromatic N) is 1. The number of hydrogen-bond acceptors (Lipinski definition) is 2. The van der Waals surface area contributed by atoms with Crippen LogP contribution in [0, 0.1) is 5.41 Å². The van der Waals surface area contributed by atoms with Gasteiger partial charge < -0.3 is 4.98 Å². The molecule has 19 heavy (non-hydrogen) atoms. The van der Waals surface area contributed by atoms with Crippen LogP contribution in [0.25, 0.3) is 11.6 Å². The van der Waals surface area contributed by atoms with Crippen LogP contribution in [-0.2, 0) is 4.79 Å². The van der Waals surface area contributed by atoms with Gasteiger partial charge in [0.05, 0.1) is 5.57 Å². The monoisotopic (exact) mass is 254 g/mol. The fourth-order valence-electron chi connectivity index (χ4n) is 1.77. The number of Topliss-reactive ketones (excluding diaryl/α,β-unsaturated/α-hetero) is 1. The maximum absolute atomic E-state index is 12.5. The van der Waals surface area contributed by atoms with Crippen LogP contribution < -0.4 is 0 Å². The number of rotatable bonds is 3. The van der Waals surface area contributed by atoms with Crippen molar-refractivity contribution in [3.63, 3.8) is 0 Å². The van der Waals surface area contributed by atoms with Crippen LogP contribution in [0.3, 0.4) is 0 Å². The van der Waals surface area contributed by atoms with Gasteiger partial charge in [-0.3, -0.25) is 4.79 Å². The fourth-order valence-corrected chi connectivity index (χ4v) is 1.77. The molecule has 0 aliphatic heterocycles. The summed E-state index contributed by atoms with van der Waals surface area (Å²) in [6, 6.07) is 9.80. The number of carbonyl (C=O) groups excluding carboxylic acids is 1. The second kappa shape index (κ2) is 5.22. The molecular weight excluding hydrogens is 236 g/mol. The number of benzene rings is 1. The number of allylic oxidation sites excluding steroid dienone is 1. The molecule has 1 aromatic heterocycles. The van der Waals surface area contributed by atoms with E-state index in [2.05, 4.69) is 9.97 Å². The van der Waals surface area contributed by atoms with Gasteiger partial charge in [0.25, 0.3) is 0 Å². The average molecular weight is 254 g/mol. The highest BCUT2D eigenvalue weighted by atomic mass is 16.1. The summed E-state index contributed by atoms with van der Waals surface area (Å²) in [4.78, 5) is 19.8. The molecular formula is C16H18N2O. The molecule has 3 heteroatoms. The summed E-state index contributed by atoms with van der Waals surface area (Å²) in [5.41, 5.74) is 1.17. The van der Waals surface area contributed by atoms with Gasteiger partial charge in [-0.25, -0.2) is 4.98 Å². The van der Waals surface area contributed by atoms with Crippen molar-refractivity contribution in [1.29, 1.82) is 0 Å². The molecule has 0 aliphatic carbocycles. The number of imidazole rings is 1. The summed E-state index contributed by atoms with van der Waals surface area (Å²) < 4.78 is 0. The van der Waals surface area contributed by atoms with Gasteiger partial charge in [-0.1, -0.05) is 51.1 Å². The number of aromatic nitrogens is 2. The molecule has 1 aromatic carbocycles. The first-order valence-corrected chi connectivity index (χ1v) is 6.30. The number of aromatic amines is 1. The van der Waals surface area contributed by atoms with Crippen LogP contribution in [0.4, 0.5) is 0 Å². The molecule has 2 rings (SSSR count). The van der Waals surface area contributed by atoms with Crippen molar-refractivity contribution in [2.75, 3.05) is 0 Å². The lowest BCUT2D eigenvalue weighted by atomic mass is 9.85. The number of nitrogens with one attached hydrogen (secondary N) is 1. The summed E-state index contributed by atoms with van der Waals surface area (Å²) in [5, 5.41) is 0. The summed E-state index contributed by atoms with van der Waals surface area (Å²) in [6.07, 6.45) is 5.26. The van der Waals surface area contributed by atoms with E-state index in [9.17, 15) is 4.79 Å². The zero-order valence-corrected chi connectivity index (χ0v) is 11.5. The summed E-state index contributed by atoms with van der Waals surface area (Å²) in [6.45, 7) is 5.74. The van der Waals surface area contributed by atoms with Gasteiger partial charge in [0.15, 0.2) is 5.78 Å². The number of hydrogen-bond donors (Lipinski definition) is 1. The average Bonchev–Trinajstić information content (AvgIpc) is 2.89. The molecule has 0 bridgehead atoms. The molecule has 0 aliphatic rings. The van der Waals surface area contributed by atoms with E-state index in [1.165, 1.54) is 0 Å². The molecule has 0 fully saturated rings. The Morgan fingerprint density at radius 1 is 1.21 bits per heavy atom. The van der Waals surface area contributed by atoms with Gasteiger partial charge in [-0.15, -0.1) is 0 Å². The van der Waals surface area contributed by atoms with Crippen molar-refractivity contribution in [1.82, 2.24) is 9.97 Å². The van der Waals surface area contributed by atoms with E-state index in [-0.39, 0.29) is 5.78 Å². The Labute approximate surface area is 113 Å². The maximum atomic E-state index is 12.5. The van der Waals surface area contributed by atoms with Gasteiger partial charge in [0.1, 0.15) is 5.82 Å². The summed E-state index contributed by atoms with van der Waals surface area (Å²) >= 11 is 0. The lowest BCUT2D eigenvalue weighted by Crippen LogP contribution is -2.21. The van der Waals surface area contributed by atoms with Crippen LogP contribution in [0.1, 0.15) is 32.2 Å². The normalized spacial score (nSPS) is 12.5. The Kier molecular flexibility index (Phi) is 3.65. The van der Waals surface area contributed by atoms with Crippen LogP contribution >= 0.6 is 0 Å². The molecule has 98 valence electrons. The minimum absolute atomic E-state index is 0.0753. The summed E-state index contributed by atoms with van der Waals surface area (Å²) in [5.74, 6) is 0.690. The largest absolute Gasteiger partial charge is 0.345 e. The Bertz CT molecular complexity index is 575. The van der Waals surface area contributed by atoms with Gasteiger partial charge >= 0.3 is 0 Å². The molecule has 2 aromatic rings. The van der Waals surface area contributed by atoms with Crippen molar-refractivity contribution in [2.24, 2.45) is 5.41 Å². The third-order valence-electron chi connectivity index (χ3n) is 2.79. The van der Waals surface area contributed by atoms with E-state index in [4.69, 9.17) is 0 Å². The second-order valence-corrected chi connectivity index (χ2v) is 5.49. The molecule has 0 spiro atoms. The zero-order valence-electron chi connectivity index (χ0n) is 11.5. The molecule has 0 atom stereocenters. The molecule has 0 radical (unpaired) electrons. The number of ketones is 1. The van der Waals surface area contributed by atoms with E-state index in [0.29, 0.717) is 11.4 Å². The van der Waals surface area contributed by atoms with E-state index in [0.717, 1.165) is 5.56 Å². The molecule has 1 N–H and O–H groups in total. The number of H-pyrrole nitrogens is 1. The second-order valence-electron chi connectivity index (χ2n) is 5.49. The van der Waals surface area contributed by atoms with Crippen molar-refractivity contribution in [3.05, 3.63) is 54.1 Å². The SMILES string of the molecule is CC(C)(C)C(=O)/C(=C/c1ccccc1)c1ncc[nH]1. The Balaban J connectivity index is 2.47. The molecule has 1 heterocycles. The van der Waals surface area contributed by atoms with Crippen molar-refractivity contribution in [3.8, 4) is 0 Å². The third-order valence-corrected chi connectivity index (χ3v) is 2.79. The smallest absolute Gasteiger partial charge is 0.171 e. The quantitative estimate of drug-likeness (QED) is 0.851. The van der Waals surface area contributed by atoms with Gasteiger partial charge in [0, 0.05) is 17.8 Å². The molecule has 0 amide bonds. The predicted molar refractivity (Wildman–Crippen MR) is 77.4 cm³/mol. The van der Waals surface area contributed by atoms with E-state index in [1.54, 1.807) is 12.4 Å². The third kappa shape index (κ3) is 3.19. The molecule has 0 unspecified atom stereocenters. The Hall–Kier alpha value is -2.16. The predicted octanol–water partition coefficient (Wildman–Crippen LogP) is 3.57. The lowest BCUT2D eigenvalue weighted by Gasteiger charge is -2.18. The maximum Gasteiger partial charge on any atom is 0.171 e. The summed E-state index contributed by atoms with van der Waals surface area (Å²) in [7, 11) is 0. The minimum atomic E-state index is -0.437. The highest BCUT2D eigenvalue weighted by molar-refractivity contribution is 6.26. The van der Waals surface area contributed by atoms with Crippen LogP contribution in [-0.4, -0.2) is 15.8 Å². The molecule has 0 saturated heterocycles. The zero-order chi connectivity index (χ0) is 13.9. The van der Waals surface area contributed by atoms with E-state index < -0.39 is 5.41 Å². The fraction of sp³-hybridized carbons (Fsp3) is 0.250. The first-order valence-electron chi connectivity index (χ1n) is 6.30. The van der Waals surface area contributed by atoms with Gasteiger partial charge in [-0.05, 0) is 11.6 Å². The first kappa shape index (κ1) is 13.3. The minimum Gasteiger partial charge on any atom is -0.345 e. The lowest BCUT2D eigenvalue weighted by molar-refractivity contribution is -0.120. The highest BCUT2D eigenvalue weighted by Gasteiger charge is 2.27. The topological polar surface area (TPSA) is 45.8 Å². The van der Waals surface area contributed by atoms with E-state index in [1.807, 2.05) is 57.2 Å². The Morgan fingerprint density at radius 2 is 1.89 bits per heavy atom. The first-order chi connectivity index (χ1) is 8.98. The van der Waals surface area contributed by atoms with Crippen molar-refractivity contribution < 1.29 is 4.79 Å². The van der Waals surface area contributed by atoms with Crippen molar-refractivity contribution in [2.45, 2.75) is 20.8 Å². The highest BCUT2D eigenvalue weighted by Crippen LogP contribution is 2.26. The van der Waals surface area contributed by atoms with Crippen LogP contribution in [0.5, 0.6) is 0 Å². The van der Waals surface area contributed by atoms with Gasteiger partial charge in [-0.2, -0.15) is 0 Å². The molecule has 3 nitrogen and oxygen atoms in total.